The van der Waals surface area contributed by atoms with E-state index in [0.717, 1.165) is 40.2 Å². The van der Waals surface area contributed by atoms with E-state index in [1.54, 1.807) is 36.8 Å². The Balaban J connectivity index is 1.68. The molecular weight excluding hydrogens is 397 g/mol. The molecule has 5 rings (SSSR count). The molecular formula is C24H22FN3OS. The van der Waals surface area contributed by atoms with Crippen LogP contribution >= 0.6 is 11.3 Å². The van der Waals surface area contributed by atoms with Gasteiger partial charge in [-0.2, -0.15) is 10.2 Å². The minimum Gasteiger partial charge on any atom is -0.495 e. The fraction of sp³-hybridized carbons (Fsp3) is 0.250. The topological polar surface area (TPSA) is 38.2 Å². The van der Waals surface area contributed by atoms with Crippen LogP contribution < -0.4 is 4.74 Å². The van der Waals surface area contributed by atoms with Crippen molar-refractivity contribution in [1.29, 1.82) is 0 Å². The van der Waals surface area contributed by atoms with Crippen LogP contribution in [0.15, 0.2) is 54.0 Å². The zero-order chi connectivity index (χ0) is 20.7. The number of hydrogen-bond acceptors (Lipinski definition) is 5. The number of nitrogens with zero attached hydrogens (tertiary/aromatic N) is 3. The fourth-order valence-corrected chi connectivity index (χ4v) is 5.36. The van der Waals surface area contributed by atoms with Crippen molar-refractivity contribution in [3.8, 4) is 17.0 Å². The van der Waals surface area contributed by atoms with Crippen LogP contribution in [-0.4, -0.2) is 35.3 Å². The minimum atomic E-state index is -0.202. The van der Waals surface area contributed by atoms with Crippen molar-refractivity contribution in [1.82, 2.24) is 15.1 Å². The number of fused-ring (bicyclic) bond motifs is 2. The Bertz CT molecular complexity index is 1210. The third kappa shape index (κ3) is 3.07. The molecule has 0 bridgehead atoms. The summed E-state index contributed by atoms with van der Waals surface area (Å²) >= 11 is 1.68. The zero-order valence-electron chi connectivity index (χ0n) is 16.9. The van der Waals surface area contributed by atoms with E-state index in [1.807, 2.05) is 6.07 Å². The van der Waals surface area contributed by atoms with Gasteiger partial charge in [-0.3, -0.25) is 4.90 Å². The Morgan fingerprint density at radius 2 is 2.03 bits per heavy atom. The van der Waals surface area contributed by atoms with Gasteiger partial charge in [0.15, 0.2) is 0 Å². The molecule has 0 fully saturated rings. The van der Waals surface area contributed by atoms with Crippen molar-refractivity contribution in [3.63, 3.8) is 0 Å². The van der Waals surface area contributed by atoms with Gasteiger partial charge in [0.1, 0.15) is 11.6 Å². The second-order valence-electron chi connectivity index (χ2n) is 7.51. The first-order valence-corrected chi connectivity index (χ1v) is 10.9. The molecule has 3 heterocycles. The lowest BCUT2D eigenvalue weighted by molar-refractivity contribution is 0.247. The standard InChI is InChI=1S/C24H22FN3OS/c1-3-28-13-19(17-7-6-15-10-12-30-24(15)23(17)29-2)16-8-9-18(22(25)20(16)14-28)21-5-4-11-26-27-21/h4-12,19H,3,13-14H2,1-2H3. The molecule has 0 radical (unpaired) electrons. The molecule has 2 aromatic carbocycles. The number of benzene rings is 2. The van der Waals surface area contributed by atoms with E-state index < -0.39 is 0 Å². The number of ether oxygens (including phenoxy) is 1. The second-order valence-corrected chi connectivity index (χ2v) is 8.43. The Morgan fingerprint density at radius 1 is 1.17 bits per heavy atom. The lowest BCUT2D eigenvalue weighted by Crippen LogP contribution is -2.34. The molecule has 1 aliphatic rings. The molecule has 1 atom stereocenters. The number of thiophene rings is 1. The van der Waals surface area contributed by atoms with Gasteiger partial charge < -0.3 is 4.74 Å². The molecule has 4 aromatic rings. The molecule has 6 heteroatoms. The predicted molar refractivity (Wildman–Crippen MR) is 119 cm³/mol. The number of likely N-dealkylation sites (N-methyl/N-ethyl adjacent to an activating group) is 1. The van der Waals surface area contributed by atoms with Crippen LogP contribution in [0.25, 0.3) is 21.3 Å². The van der Waals surface area contributed by atoms with Gasteiger partial charge in [0.2, 0.25) is 0 Å². The number of methoxy groups -OCH3 is 1. The van der Waals surface area contributed by atoms with Crippen molar-refractivity contribution in [2.75, 3.05) is 20.2 Å². The maximum absolute atomic E-state index is 15.7. The third-order valence-electron chi connectivity index (χ3n) is 5.96. The number of halogens is 1. The maximum atomic E-state index is 15.7. The highest BCUT2D eigenvalue weighted by molar-refractivity contribution is 7.17. The molecule has 2 aromatic heterocycles. The van der Waals surface area contributed by atoms with Crippen LogP contribution in [0.3, 0.4) is 0 Å². The lowest BCUT2D eigenvalue weighted by atomic mass is 9.82. The summed E-state index contributed by atoms with van der Waals surface area (Å²) in [4.78, 5) is 2.29. The van der Waals surface area contributed by atoms with Gasteiger partial charge in [0.05, 0.1) is 17.5 Å². The first-order chi connectivity index (χ1) is 14.7. The average Bonchev–Trinajstić information content (AvgIpc) is 3.27. The summed E-state index contributed by atoms with van der Waals surface area (Å²) in [6, 6.07) is 13.8. The summed E-state index contributed by atoms with van der Waals surface area (Å²) in [5.74, 6) is 0.739. The normalized spacial score (nSPS) is 16.6. The van der Waals surface area contributed by atoms with E-state index in [-0.39, 0.29) is 11.7 Å². The van der Waals surface area contributed by atoms with Crippen LogP contribution in [0.1, 0.15) is 29.5 Å². The molecule has 1 aliphatic heterocycles. The zero-order valence-corrected chi connectivity index (χ0v) is 17.7. The van der Waals surface area contributed by atoms with Crippen LogP contribution in [-0.2, 0) is 6.54 Å². The summed E-state index contributed by atoms with van der Waals surface area (Å²) in [5.41, 5.74) is 3.93. The van der Waals surface area contributed by atoms with Gasteiger partial charge in [0.25, 0.3) is 0 Å². The predicted octanol–water partition coefficient (Wildman–Crippen LogP) is 5.47. The van der Waals surface area contributed by atoms with Crippen LogP contribution in [0.4, 0.5) is 4.39 Å². The fourth-order valence-electron chi connectivity index (χ4n) is 4.42. The second kappa shape index (κ2) is 7.78. The molecule has 0 amide bonds. The first-order valence-electron chi connectivity index (χ1n) is 10.1. The number of aromatic nitrogens is 2. The highest BCUT2D eigenvalue weighted by Crippen LogP contribution is 2.44. The summed E-state index contributed by atoms with van der Waals surface area (Å²) in [7, 11) is 1.72. The monoisotopic (exact) mass is 419 g/mol. The van der Waals surface area contributed by atoms with Gasteiger partial charge in [-0.25, -0.2) is 4.39 Å². The summed E-state index contributed by atoms with van der Waals surface area (Å²) in [5, 5.41) is 11.3. The molecule has 0 N–H and O–H groups in total. The average molecular weight is 420 g/mol. The highest BCUT2D eigenvalue weighted by Gasteiger charge is 2.31. The van der Waals surface area contributed by atoms with Crippen LogP contribution in [0, 0.1) is 5.82 Å². The van der Waals surface area contributed by atoms with E-state index in [4.69, 9.17) is 4.74 Å². The SMILES string of the molecule is CCN1Cc2c(ccc(-c3cccnn3)c2F)C(c2ccc3ccsc3c2OC)C1. The van der Waals surface area contributed by atoms with E-state index in [0.29, 0.717) is 17.8 Å². The summed E-state index contributed by atoms with van der Waals surface area (Å²) < 4.78 is 22.7. The summed E-state index contributed by atoms with van der Waals surface area (Å²) in [6.45, 7) is 4.40. The van der Waals surface area contributed by atoms with Crippen molar-refractivity contribution in [3.05, 3.63) is 76.5 Å². The van der Waals surface area contributed by atoms with Crippen molar-refractivity contribution in [2.45, 2.75) is 19.4 Å². The molecule has 0 aliphatic carbocycles. The molecule has 4 nitrogen and oxygen atoms in total. The molecule has 0 saturated carbocycles. The lowest BCUT2D eigenvalue weighted by Gasteiger charge is -2.35. The Kier molecular flexibility index (Phi) is 4.97. The number of hydrogen-bond donors (Lipinski definition) is 0. The summed E-state index contributed by atoms with van der Waals surface area (Å²) in [6.07, 6.45) is 1.60. The Morgan fingerprint density at radius 3 is 2.80 bits per heavy atom. The van der Waals surface area contributed by atoms with Crippen molar-refractivity contribution < 1.29 is 9.13 Å². The van der Waals surface area contributed by atoms with Gasteiger partial charge >= 0.3 is 0 Å². The molecule has 0 saturated heterocycles. The van der Waals surface area contributed by atoms with Gasteiger partial charge in [-0.15, -0.1) is 11.3 Å². The maximum Gasteiger partial charge on any atom is 0.140 e. The van der Waals surface area contributed by atoms with Gasteiger partial charge in [-0.05, 0) is 47.1 Å². The molecule has 152 valence electrons. The molecule has 0 spiro atoms. The quantitative estimate of drug-likeness (QED) is 0.439. The largest absolute Gasteiger partial charge is 0.495 e. The van der Waals surface area contributed by atoms with Crippen LogP contribution in [0.2, 0.25) is 0 Å². The molecule has 30 heavy (non-hydrogen) atoms. The smallest absolute Gasteiger partial charge is 0.140 e. The van der Waals surface area contributed by atoms with Gasteiger partial charge in [-0.1, -0.05) is 25.1 Å². The van der Waals surface area contributed by atoms with E-state index in [2.05, 4.69) is 51.7 Å². The third-order valence-corrected chi connectivity index (χ3v) is 6.89. The van der Waals surface area contributed by atoms with Crippen LogP contribution in [0.5, 0.6) is 5.75 Å². The Hall–Kier alpha value is -2.83. The van der Waals surface area contributed by atoms with E-state index >= 15 is 4.39 Å². The van der Waals surface area contributed by atoms with Gasteiger partial charge in [0, 0.05) is 41.9 Å². The Labute approximate surface area is 178 Å². The number of rotatable bonds is 4. The van der Waals surface area contributed by atoms with Crippen molar-refractivity contribution >= 4 is 21.4 Å². The van der Waals surface area contributed by atoms with Crippen molar-refractivity contribution in [2.24, 2.45) is 0 Å². The minimum absolute atomic E-state index is 0.0422. The van der Waals surface area contributed by atoms with E-state index in [9.17, 15) is 0 Å². The first kappa shape index (κ1) is 19.2. The van der Waals surface area contributed by atoms with E-state index in [1.165, 1.54) is 5.39 Å². The molecule has 1 unspecified atom stereocenters. The highest BCUT2D eigenvalue weighted by atomic mass is 32.1.